The van der Waals surface area contributed by atoms with E-state index in [4.69, 9.17) is 4.74 Å². The van der Waals surface area contributed by atoms with Crippen molar-refractivity contribution in [1.29, 1.82) is 0 Å². The zero-order chi connectivity index (χ0) is 8.27. The molecule has 1 aliphatic rings. The molecule has 0 aromatic rings. The highest BCUT2D eigenvalue weighted by Gasteiger charge is 2.10. The standard InChI is InChI=1S/C9H11NO/c1-4-8-7(3)10-6-11-9(8)5-2/h4-5,10H,1-3,6H2. The van der Waals surface area contributed by atoms with Gasteiger partial charge in [-0.15, -0.1) is 0 Å². The first-order valence-electron chi connectivity index (χ1n) is 3.34. The van der Waals surface area contributed by atoms with Crippen molar-refractivity contribution in [3.8, 4) is 0 Å². The molecule has 1 N–H and O–H groups in total. The minimum Gasteiger partial charge on any atom is -0.473 e. The molecule has 1 aliphatic heterocycles. The van der Waals surface area contributed by atoms with Gasteiger partial charge in [-0.2, -0.15) is 0 Å². The van der Waals surface area contributed by atoms with E-state index in [1.54, 1.807) is 12.2 Å². The van der Waals surface area contributed by atoms with Gasteiger partial charge in [0, 0.05) is 11.3 Å². The fourth-order valence-corrected chi connectivity index (χ4v) is 0.915. The monoisotopic (exact) mass is 149 g/mol. The molecule has 0 saturated carbocycles. The molecule has 0 atom stereocenters. The fourth-order valence-electron chi connectivity index (χ4n) is 0.915. The second kappa shape index (κ2) is 3.10. The van der Waals surface area contributed by atoms with Crippen molar-refractivity contribution in [2.75, 3.05) is 6.73 Å². The van der Waals surface area contributed by atoms with Gasteiger partial charge in [0.1, 0.15) is 5.76 Å². The van der Waals surface area contributed by atoms with Gasteiger partial charge in [-0.05, 0) is 6.08 Å². The summed E-state index contributed by atoms with van der Waals surface area (Å²) < 4.78 is 5.22. The van der Waals surface area contributed by atoms with E-state index in [9.17, 15) is 0 Å². The molecule has 0 fully saturated rings. The summed E-state index contributed by atoms with van der Waals surface area (Å²) in [5, 5.41) is 2.95. The Kier molecular flexibility index (Phi) is 2.16. The third kappa shape index (κ3) is 1.34. The molecule has 2 nitrogen and oxygen atoms in total. The zero-order valence-corrected chi connectivity index (χ0v) is 6.39. The lowest BCUT2D eigenvalue weighted by molar-refractivity contribution is 0.196. The maximum Gasteiger partial charge on any atom is 0.159 e. The SMILES string of the molecule is C=CC1=C(C=C)C(=C)NCO1. The number of allylic oxidation sites excluding steroid dienone is 2. The van der Waals surface area contributed by atoms with Gasteiger partial charge in [0.05, 0.1) is 0 Å². The average molecular weight is 149 g/mol. The minimum absolute atomic E-state index is 0.456. The molecule has 0 spiro atoms. The topological polar surface area (TPSA) is 21.3 Å². The van der Waals surface area contributed by atoms with E-state index in [-0.39, 0.29) is 0 Å². The summed E-state index contributed by atoms with van der Waals surface area (Å²) in [7, 11) is 0. The summed E-state index contributed by atoms with van der Waals surface area (Å²) in [5.74, 6) is 0.740. The smallest absolute Gasteiger partial charge is 0.159 e. The molecule has 0 aromatic carbocycles. The minimum atomic E-state index is 0.456. The first-order valence-corrected chi connectivity index (χ1v) is 3.34. The van der Waals surface area contributed by atoms with E-state index < -0.39 is 0 Å². The Bertz CT molecular complexity index is 238. The Morgan fingerprint density at radius 1 is 1.36 bits per heavy atom. The summed E-state index contributed by atoms with van der Waals surface area (Å²) in [6.45, 7) is 11.5. The lowest BCUT2D eigenvalue weighted by atomic mass is 10.1. The van der Waals surface area contributed by atoms with Gasteiger partial charge in [0.2, 0.25) is 0 Å². The van der Waals surface area contributed by atoms with Crippen LogP contribution >= 0.6 is 0 Å². The number of nitrogens with one attached hydrogen (secondary N) is 1. The second-order valence-electron chi connectivity index (χ2n) is 2.13. The Morgan fingerprint density at radius 2 is 2.09 bits per heavy atom. The molecule has 0 unspecified atom stereocenters. The van der Waals surface area contributed by atoms with E-state index >= 15 is 0 Å². The molecule has 0 aromatic heterocycles. The molecular formula is C9H11NO. The van der Waals surface area contributed by atoms with Crippen LogP contribution < -0.4 is 5.32 Å². The Hall–Kier alpha value is -1.44. The summed E-state index contributed by atoms with van der Waals surface area (Å²) >= 11 is 0. The molecule has 2 heteroatoms. The van der Waals surface area contributed by atoms with Crippen LogP contribution in [0.5, 0.6) is 0 Å². The normalized spacial score (nSPS) is 16.9. The van der Waals surface area contributed by atoms with Gasteiger partial charge in [-0.1, -0.05) is 25.8 Å². The molecule has 0 radical (unpaired) electrons. The number of ether oxygens (including phenoxy) is 1. The van der Waals surface area contributed by atoms with Crippen molar-refractivity contribution < 1.29 is 4.74 Å². The molecule has 0 saturated heterocycles. The van der Waals surface area contributed by atoms with Crippen molar-refractivity contribution in [2.24, 2.45) is 0 Å². The molecule has 0 aliphatic carbocycles. The molecule has 1 rings (SSSR count). The maximum absolute atomic E-state index is 5.22. The average Bonchev–Trinajstić information content (AvgIpc) is 2.04. The predicted octanol–water partition coefficient (Wildman–Crippen LogP) is 1.70. The van der Waals surface area contributed by atoms with Crippen molar-refractivity contribution in [2.45, 2.75) is 0 Å². The molecule has 0 bridgehead atoms. The largest absolute Gasteiger partial charge is 0.473 e. The zero-order valence-electron chi connectivity index (χ0n) is 6.39. The molecular weight excluding hydrogens is 138 g/mol. The second-order valence-corrected chi connectivity index (χ2v) is 2.13. The summed E-state index contributed by atoms with van der Waals surface area (Å²) in [5.41, 5.74) is 1.72. The first kappa shape index (κ1) is 7.66. The first-order chi connectivity index (χ1) is 5.29. The van der Waals surface area contributed by atoms with E-state index in [2.05, 4.69) is 25.1 Å². The van der Waals surface area contributed by atoms with Crippen LogP contribution in [-0.4, -0.2) is 6.73 Å². The highest BCUT2D eigenvalue weighted by atomic mass is 16.5. The van der Waals surface area contributed by atoms with Crippen LogP contribution in [0, 0.1) is 0 Å². The van der Waals surface area contributed by atoms with Crippen LogP contribution in [0.4, 0.5) is 0 Å². The highest BCUT2D eigenvalue weighted by molar-refractivity contribution is 5.42. The van der Waals surface area contributed by atoms with Gasteiger partial charge in [-0.25, -0.2) is 0 Å². The van der Waals surface area contributed by atoms with Crippen LogP contribution in [0.15, 0.2) is 48.9 Å². The summed E-state index contributed by atoms with van der Waals surface area (Å²) in [6, 6.07) is 0. The van der Waals surface area contributed by atoms with Gasteiger partial charge in [-0.3, -0.25) is 0 Å². The Labute approximate surface area is 66.6 Å². The van der Waals surface area contributed by atoms with Crippen LogP contribution in [0.1, 0.15) is 0 Å². The lowest BCUT2D eigenvalue weighted by Gasteiger charge is -2.20. The molecule has 1 heterocycles. The van der Waals surface area contributed by atoms with Crippen LogP contribution in [0.3, 0.4) is 0 Å². The summed E-state index contributed by atoms with van der Waals surface area (Å²) in [6.07, 6.45) is 3.36. The van der Waals surface area contributed by atoms with E-state index in [0.717, 1.165) is 17.0 Å². The van der Waals surface area contributed by atoms with Gasteiger partial charge in [0.15, 0.2) is 6.73 Å². The van der Waals surface area contributed by atoms with Crippen molar-refractivity contribution in [1.82, 2.24) is 5.32 Å². The van der Waals surface area contributed by atoms with Crippen molar-refractivity contribution in [3.05, 3.63) is 48.9 Å². The van der Waals surface area contributed by atoms with E-state index in [1.807, 2.05) is 0 Å². The number of rotatable bonds is 2. The third-order valence-electron chi connectivity index (χ3n) is 1.49. The third-order valence-corrected chi connectivity index (χ3v) is 1.49. The van der Waals surface area contributed by atoms with Crippen molar-refractivity contribution in [3.63, 3.8) is 0 Å². The van der Waals surface area contributed by atoms with E-state index in [1.165, 1.54) is 0 Å². The van der Waals surface area contributed by atoms with Crippen LogP contribution in [0.2, 0.25) is 0 Å². The van der Waals surface area contributed by atoms with Crippen molar-refractivity contribution >= 4 is 0 Å². The van der Waals surface area contributed by atoms with Gasteiger partial charge in [0.25, 0.3) is 0 Å². The summed E-state index contributed by atoms with van der Waals surface area (Å²) in [4.78, 5) is 0. The maximum atomic E-state index is 5.22. The van der Waals surface area contributed by atoms with E-state index in [0.29, 0.717) is 6.73 Å². The molecule has 11 heavy (non-hydrogen) atoms. The lowest BCUT2D eigenvalue weighted by Crippen LogP contribution is -2.23. The Morgan fingerprint density at radius 3 is 2.55 bits per heavy atom. The fraction of sp³-hybridized carbons (Fsp3) is 0.111. The van der Waals surface area contributed by atoms with Gasteiger partial charge >= 0.3 is 0 Å². The van der Waals surface area contributed by atoms with Crippen LogP contribution in [0.25, 0.3) is 0 Å². The predicted molar refractivity (Wildman–Crippen MR) is 45.6 cm³/mol. The quantitative estimate of drug-likeness (QED) is 0.645. The molecule has 58 valence electrons. The van der Waals surface area contributed by atoms with Gasteiger partial charge < -0.3 is 10.1 Å². The number of hydrogen-bond acceptors (Lipinski definition) is 2. The highest BCUT2D eigenvalue weighted by Crippen LogP contribution is 2.17. The van der Waals surface area contributed by atoms with Crippen LogP contribution in [-0.2, 0) is 4.74 Å². The Balaban J connectivity index is 3.04. The number of hydrogen-bond donors (Lipinski definition) is 1. The molecule has 0 amide bonds.